The van der Waals surface area contributed by atoms with E-state index in [1.54, 1.807) is 12.1 Å². The van der Waals surface area contributed by atoms with Crippen molar-refractivity contribution in [1.82, 2.24) is 0 Å². The van der Waals surface area contributed by atoms with Crippen LogP contribution in [0, 0.1) is 0 Å². The topological polar surface area (TPSA) is 92.4 Å². The highest BCUT2D eigenvalue weighted by Gasteiger charge is 2.06. The molecule has 0 saturated carbocycles. The van der Waals surface area contributed by atoms with Crippen molar-refractivity contribution in [3.8, 4) is 0 Å². The van der Waals surface area contributed by atoms with E-state index in [1.807, 2.05) is 24.3 Å². The van der Waals surface area contributed by atoms with Crippen LogP contribution in [-0.4, -0.2) is 26.9 Å². The van der Waals surface area contributed by atoms with Gasteiger partial charge in [-0.15, -0.1) is 0 Å². The minimum atomic E-state index is -3.26. The summed E-state index contributed by atoms with van der Waals surface area (Å²) in [6.07, 6.45) is 1.13. The standard InChI is InChI=1S/C11H12N2O2S2.CH4O/c1-17(14,15)13-11-4-2-3-8-7-9(16-12)5-6-10(8)11;1-2/h2-7,13H,12H2,1H3;2H,1H3. The number of rotatable bonds is 3. The lowest BCUT2D eigenvalue weighted by atomic mass is 10.1. The lowest BCUT2D eigenvalue weighted by Crippen LogP contribution is -2.09. The highest BCUT2D eigenvalue weighted by molar-refractivity contribution is 7.97. The fourth-order valence-electron chi connectivity index (χ4n) is 1.62. The molecule has 0 bridgehead atoms. The van der Waals surface area contributed by atoms with Gasteiger partial charge in [-0.25, -0.2) is 8.42 Å². The number of nitrogens with two attached hydrogens (primary N) is 1. The molecule has 0 saturated heterocycles. The first kappa shape index (κ1) is 15.8. The molecule has 4 N–H and O–H groups in total. The highest BCUT2D eigenvalue weighted by Crippen LogP contribution is 2.27. The minimum Gasteiger partial charge on any atom is -0.400 e. The van der Waals surface area contributed by atoms with E-state index in [9.17, 15) is 8.42 Å². The maximum absolute atomic E-state index is 11.2. The van der Waals surface area contributed by atoms with Crippen molar-refractivity contribution in [2.45, 2.75) is 4.90 Å². The summed E-state index contributed by atoms with van der Waals surface area (Å²) < 4.78 is 25.0. The van der Waals surface area contributed by atoms with Crippen LogP contribution in [0.25, 0.3) is 10.8 Å². The molecule has 0 amide bonds. The van der Waals surface area contributed by atoms with E-state index in [1.165, 1.54) is 0 Å². The van der Waals surface area contributed by atoms with Crippen molar-refractivity contribution in [2.24, 2.45) is 5.14 Å². The molecule has 0 aliphatic rings. The van der Waals surface area contributed by atoms with E-state index < -0.39 is 10.0 Å². The number of aliphatic hydroxyl groups excluding tert-OH is 1. The average Bonchev–Trinajstić information content (AvgIpc) is 2.39. The monoisotopic (exact) mass is 300 g/mol. The molecule has 0 radical (unpaired) electrons. The molecule has 0 atom stereocenters. The van der Waals surface area contributed by atoms with E-state index >= 15 is 0 Å². The maximum atomic E-state index is 11.2. The quantitative estimate of drug-likeness (QED) is 0.752. The predicted molar refractivity (Wildman–Crippen MR) is 80.6 cm³/mol. The zero-order valence-electron chi connectivity index (χ0n) is 10.6. The number of fused-ring (bicyclic) bond motifs is 1. The third-order valence-electron chi connectivity index (χ3n) is 2.28. The van der Waals surface area contributed by atoms with Crippen molar-refractivity contribution in [3.05, 3.63) is 36.4 Å². The van der Waals surface area contributed by atoms with Crippen molar-refractivity contribution in [3.63, 3.8) is 0 Å². The van der Waals surface area contributed by atoms with Crippen LogP contribution in [0.5, 0.6) is 0 Å². The second-order valence-corrected chi connectivity index (χ2v) is 6.14. The second-order valence-electron chi connectivity index (χ2n) is 3.68. The fourth-order valence-corrected chi connectivity index (χ4v) is 2.54. The summed E-state index contributed by atoms with van der Waals surface area (Å²) in [7, 11) is -2.26. The molecule has 2 aromatic carbocycles. The summed E-state index contributed by atoms with van der Waals surface area (Å²) >= 11 is 1.16. The predicted octanol–water partition coefficient (Wildman–Crippen LogP) is 1.79. The Morgan fingerprint density at radius 3 is 2.47 bits per heavy atom. The van der Waals surface area contributed by atoms with Crippen LogP contribution in [0.2, 0.25) is 0 Å². The molecule has 19 heavy (non-hydrogen) atoms. The Labute approximate surface area is 117 Å². The number of hydrogen-bond acceptors (Lipinski definition) is 5. The van der Waals surface area contributed by atoms with Crippen molar-refractivity contribution < 1.29 is 13.5 Å². The van der Waals surface area contributed by atoms with E-state index in [0.717, 1.165) is 41.0 Å². The first-order chi connectivity index (χ1) is 8.99. The van der Waals surface area contributed by atoms with E-state index in [0.29, 0.717) is 5.69 Å². The SMILES string of the molecule is CO.CS(=O)(=O)Nc1cccc2cc(SN)ccc12. The molecule has 0 aliphatic heterocycles. The van der Waals surface area contributed by atoms with Crippen molar-refractivity contribution in [1.29, 1.82) is 0 Å². The smallest absolute Gasteiger partial charge is 0.229 e. The van der Waals surface area contributed by atoms with E-state index in [2.05, 4.69) is 4.72 Å². The Morgan fingerprint density at radius 2 is 1.89 bits per heavy atom. The molecule has 5 nitrogen and oxygen atoms in total. The molecule has 104 valence electrons. The van der Waals surface area contributed by atoms with Crippen LogP contribution < -0.4 is 9.86 Å². The lowest BCUT2D eigenvalue weighted by molar-refractivity contribution is 0.399. The van der Waals surface area contributed by atoms with Crippen LogP contribution in [0.15, 0.2) is 41.3 Å². The average molecular weight is 300 g/mol. The molecule has 2 rings (SSSR count). The number of aliphatic hydroxyl groups is 1. The van der Waals surface area contributed by atoms with Gasteiger partial charge in [0.1, 0.15) is 0 Å². The van der Waals surface area contributed by atoms with Crippen LogP contribution in [0.3, 0.4) is 0 Å². The summed E-state index contributed by atoms with van der Waals surface area (Å²) in [6.45, 7) is 0. The number of benzene rings is 2. The van der Waals surface area contributed by atoms with Gasteiger partial charge in [0.2, 0.25) is 10.0 Å². The largest absolute Gasteiger partial charge is 0.400 e. The fraction of sp³-hybridized carbons (Fsp3) is 0.167. The van der Waals surface area contributed by atoms with Crippen LogP contribution in [0.4, 0.5) is 5.69 Å². The maximum Gasteiger partial charge on any atom is 0.229 e. The van der Waals surface area contributed by atoms with Gasteiger partial charge in [-0.1, -0.05) is 18.2 Å². The Bertz CT molecular complexity index is 657. The summed E-state index contributed by atoms with van der Waals surface area (Å²) in [4.78, 5) is 0.939. The molecular weight excluding hydrogens is 284 g/mol. The number of anilines is 1. The van der Waals surface area contributed by atoms with Crippen molar-refractivity contribution in [2.75, 3.05) is 18.1 Å². The number of hydrogen-bond donors (Lipinski definition) is 3. The number of nitrogens with one attached hydrogen (secondary N) is 1. The normalized spacial score (nSPS) is 10.7. The van der Waals surface area contributed by atoms with Gasteiger partial charge < -0.3 is 5.11 Å². The molecular formula is C12H16N2O3S2. The van der Waals surface area contributed by atoms with E-state index in [4.69, 9.17) is 10.2 Å². The van der Waals surface area contributed by atoms with Crippen LogP contribution >= 0.6 is 11.9 Å². The third kappa shape index (κ3) is 4.39. The minimum absolute atomic E-state index is 0.582. The first-order valence-electron chi connectivity index (χ1n) is 5.31. The van der Waals surface area contributed by atoms with Gasteiger partial charge >= 0.3 is 0 Å². The molecule has 7 heteroatoms. The molecule has 0 aromatic heterocycles. The van der Waals surface area contributed by atoms with E-state index in [-0.39, 0.29) is 0 Å². The number of sulfonamides is 1. The first-order valence-corrected chi connectivity index (χ1v) is 8.09. The molecule has 0 fully saturated rings. The molecule has 0 aliphatic carbocycles. The summed E-state index contributed by atoms with van der Waals surface area (Å²) in [6, 6.07) is 11.1. The lowest BCUT2D eigenvalue weighted by Gasteiger charge is -2.08. The van der Waals surface area contributed by atoms with Gasteiger partial charge in [0.15, 0.2) is 0 Å². The van der Waals surface area contributed by atoms with Gasteiger partial charge in [0, 0.05) is 17.4 Å². The summed E-state index contributed by atoms with van der Waals surface area (Å²) in [5.41, 5.74) is 0.582. The Morgan fingerprint density at radius 1 is 1.21 bits per heavy atom. The molecule has 0 unspecified atom stereocenters. The van der Waals surface area contributed by atoms with Gasteiger partial charge in [-0.2, -0.15) is 0 Å². The van der Waals surface area contributed by atoms with Gasteiger partial charge in [0.25, 0.3) is 0 Å². The summed E-state index contributed by atoms with van der Waals surface area (Å²) in [5, 5.41) is 14.3. The second kappa shape index (κ2) is 6.76. The van der Waals surface area contributed by atoms with Crippen LogP contribution in [-0.2, 0) is 10.0 Å². The highest BCUT2D eigenvalue weighted by atomic mass is 32.2. The molecule has 0 heterocycles. The van der Waals surface area contributed by atoms with Crippen molar-refractivity contribution >= 4 is 38.4 Å². The van der Waals surface area contributed by atoms with Gasteiger partial charge in [-0.05, 0) is 35.5 Å². The van der Waals surface area contributed by atoms with Gasteiger partial charge in [0.05, 0.1) is 11.9 Å². The van der Waals surface area contributed by atoms with Crippen LogP contribution in [0.1, 0.15) is 0 Å². The molecule has 0 spiro atoms. The third-order valence-corrected chi connectivity index (χ3v) is 3.40. The Balaban J connectivity index is 0.000000861. The summed E-state index contributed by atoms with van der Waals surface area (Å²) in [5.74, 6) is 0. The zero-order valence-corrected chi connectivity index (χ0v) is 12.3. The Kier molecular flexibility index (Phi) is 5.61. The van der Waals surface area contributed by atoms with Gasteiger partial charge in [-0.3, -0.25) is 9.86 Å². The zero-order chi connectivity index (χ0) is 14.5. The Hall–Kier alpha value is -1.28. The molecule has 2 aromatic rings.